The molecule has 2 rings (SSSR count). The minimum atomic E-state index is -3.69. The number of hydrogen-bond donors (Lipinski definition) is 2. The van der Waals surface area contributed by atoms with Gasteiger partial charge >= 0.3 is 0 Å². The van der Waals surface area contributed by atoms with Crippen LogP contribution in [0.5, 0.6) is 0 Å². The Bertz CT molecular complexity index is 556. The van der Waals surface area contributed by atoms with Crippen LogP contribution in [0.4, 0.5) is 5.69 Å². The van der Waals surface area contributed by atoms with E-state index < -0.39 is 10.0 Å². The predicted octanol–water partition coefficient (Wildman–Crippen LogP) is 2.98. The molecule has 6 heteroatoms. The van der Waals surface area contributed by atoms with Crippen molar-refractivity contribution in [1.29, 1.82) is 0 Å². The van der Waals surface area contributed by atoms with Crippen LogP contribution in [-0.4, -0.2) is 14.5 Å². The van der Waals surface area contributed by atoms with E-state index in [0.717, 1.165) is 12.3 Å². The van der Waals surface area contributed by atoms with Gasteiger partial charge in [-0.05, 0) is 37.5 Å². The Morgan fingerprint density at radius 3 is 2.68 bits per heavy atom. The zero-order chi connectivity index (χ0) is 14.0. The second kappa shape index (κ2) is 5.69. The number of benzene rings is 1. The number of nitrogens with two attached hydrogens (primary N) is 1. The summed E-state index contributed by atoms with van der Waals surface area (Å²) in [6.07, 6.45) is 4.98. The van der Waals surface area contributed by atoms with Crippen molar-refractivity contribution in [2.24, 2.45) is 11.1 Å². The summed E-state index contributed by atoms with van der Waals surface area (Å²) in [6.45, 7) is 2.08. The van der Waals surface area contributed by atoms with Gasteiger partial charge in [-0.2, -0.15) is 0 Å². The zero-order valence-electron chi connectivity index (χ0n) is 10.9. The Morgan fingerprint density at radius 1 is 1.47 bits per heavy atom. The molecule has 106 valence electrons. The van der Waals surface area contributed by atoms with Gasteiger partial charge in [0.1, 0.15) is 0 Å². The van der Waals surface area contributed by atoms with Gasteiger partial charge in [0.2, 0.25) is 10.0 Å². The van der Waals surface area contributed by atoms with Gasteiger partial charge in [-0.25, -0.2) is 13.6 Å². The molecule has 0 heterocycles. The number of hydrogen-bond acceptors (Lipinski definition) is 3. The van der Waals surface area contributed by atoms with Gasteiger partial charge in [-0.1, -0.05) is 30.9 Å². The standard InChI is InChI=1S/C13H19ClN2O2S/c1-9(7-10-3-2-4-10)16-13-8-11(19(15,17)18)5-6-12(13)14/h5-6,8-10,16H,2-4,7H2,1H3,(H2,15,17,18). The first kappa shape index (κ1) is 14.6. The molecule has 1 aromatic rings. The minimum absolute atomic E-state index is 0.0789. The van der Waals surface area contributed by atoms with Crippen LogP contribution in [0.3, 0.4) is 0 Å². The Balaban J connectivity index is 2.09. The molecule has 4 nitrogen and oxygen atoms in total. The van der Waals surface area contributed by atoms with E-state index in [9.17, 15) is 8.42 Å². The summed E-state index contributed by atoms with van der Waals surface area (Å²) in [5, 5.41) is 8.90. The van der Waals surface area contributed by atoms with E-state index in [1.807, 2.05) is 0 Å². The third-order valence-electron chi connectivity index (χ3n) is 3.58. The van der Waals surface area contributed by atoms with Crippen LogP contribution in [0.25, 0.3) is 0 Å². The first-order chi connectivity index (χ1) is 8.86. The molecule has 1 aliphatic rings. The van der Waals surface area contributed by atoms with Gasteiger partial charge in [0.05, 0.1) is 15.6 Å². The van der Waals surface area contributed by atoms with Crippen molar-refractivity contribution in [3.8, 4) is 0 Å². The summed E-state index contributed by atoms with van der Waals surface area (Å²) in [6, 6.07) is 4.73. The van der Waals surface area contributed by atoms with Gasteiger partial charge in [0, 0.05) is 6.04 Å². The molecule has 0 aliphatic heterocycles. The quantitative estimate of drug-likeness (QED) is 0.878. The lowest BCUT2D eigenvalue weighted by Crippen LogP contribution is -2.23. The molecule has 1 fully saturated rings. The lowest BCUT2D eigenvalue weighted by atomic mass is 9.81. The molecule has 1 atom stereocenters. The molecule has 1 aromatic carbocycles. The maximum atomic E-state index is 11.3. The van der Waals surface area contributed by atoms with Crippen molar-refractivity contribution >= 4 is 27.3 Å². The maximum absolute atomic E-state index is 11.3. The van der Waals surface area contributed by atoms with Gasteiger partial charge in [-0.15, -0.1) is 0 Å². The summed E-state index contributed by atoms with van der Waals surface area (Å²) < 4.78 is 22.6. The molecule has 1 saturated carbocycles. The fourth-order valence-electron chi connectivity index (χ4n) is 2.34. The lowest BCUT2D eigenvalue weighted by molar-refractivity contribution is 0.286. The monoisotopic (exact) mass is 302 g/mol. The van der Waals surface area contributed by atoms with Crippen LogP contribution in [-0.2, 0) is 10.0 Å². The highest BCUT2D eigenvalue weighted by molar-refractivity contribution is 7.89. The number of nitrogens with one attached hydrogen (secondary N) is 1. The van der Waals surface area contributed by atoms with Crippen molar-refractivity contribution < 1.29 is 8.42 Å². The van der Waals surface area contributed by atoms with E-state index in [-0.39, 0.29) is 10.9 Å². The highest BCUT2D eigenvalue weighted by Gasteiger charge is 2.20. The number of primary sulfonamides is 1. The van der Waals surface area contributed by atoms with Gasteiger partial charge in [-0.3, -0.25) is 0 Å². The van der Waals surface area contributed by atoms with E-state index in [2.05, 4.69) is 12.2 Å². The molecular weight excluding hydrogens is 284 g/mol. The van der Waals surface area contributed by atoms with Crippen LogP contribution in [0.2, 0.25) is 5.02 Å². The van der Waals surface area contributed by atoms with E-state index in [1.165, 1.54) is 31.4 Å². The lowest BCUT2D eigenvalue weighted by Gasteiger charge is -2.29. The molecule has 1 aliphatic carbocycles. The Hall–Kier alpha value is -0.780. The number of sulfonamides is 1. The zero-order valence-corrected chi connectivity index (χ0v) is 12.5. The molecule has 3 N–H and O–H groups in total. The second-order valence-corrected chi connectivity index (χ2v) is 7.23. The summed E-state index contributed by atoms with van der Waals surface area (Å²) >= 11 is 6.08. The van der Waals surface area contributed by atoms with E-state index in [0.29, 0.717) is 10.7 Å². The molecule has 19 heavy (non-hydrogen) atoms. The second-order valence-electron chi connectivity index (χ2n) is 5.26. The third-order valence-corrected chi connectivity index (χ3v) is 4.82. The summed E-state index contributed by atoms with van der Waals surface area (Å²) in [5.74, 6) is 0.780. The molecule has 0 radical (unpaired) electrons. The highest BCUT2D eigenvalue weighted by atomic mass is 35.5. The fourth-order valence-corrected chi connectivity index (χ4v) is 3.06. The van der Waals surface area contributed by atoms with Crippen LogP contribution in [0, 0.1) is 5.92 Å². The summed E-state index contributed by atoms with van der Waals surface area (Å²) in [7, 11) is -3.69. The smallest absolute Gasteiger partial charge is 0.238 e. The van der Waals surface area contributed by atoms with Gasteiger partial charge < -0.3 is 5.32 Å². The molecule has 0 saturated heterocycles. The first-order valence-electron chi connectivity index (χ1n) is 6.45. The normalized spacial score (nSPS) is 17.8. The predicted molar refractivity (Wildman–Crippen MR) is 77.9 cm³/mol. The van der Waals surface area contributed by atoms with Crippen LogP contribution in [0.15, 0.2) is 23.1 Å². The number of rotatable bonds is 5. The third kappa shape index (κ3) is 3.84. The van der Waals surface area contributed by atoms with E-state index in [4.69, 9.17) is 16.7 Å². The van der Waals surface area contributed by atoms with Crippen molar-refractivity contribution in [2.75, 3.05) is 5.32 Å². The largest absolute Gasteiger partial charge is 0.381 e. The Labute approximate surface area is 119 Å². The Kier molecular flexibility index (Phi) is 4.38. The summed E-state index contributed by atoms with van der Waals surface area (Å²) in [5.41, 5.74) is 0.625. The van der Waals surface area contributed by atoms with Crippen LogP contribution in [0.1, 0.15) is 32.6 Å². The van der Waals surface area contributed by atoms with Crippen LogP contribution < -0.4 is 10.5 Å². The molecule has 0 amide bonds. The molecule has 0 aromatic heterocycles. The van der Waals surface area contributed by atoms with Gasteiger partial charge in [0.25, 0.3) is 0 Å². The van der Waals surface area contributed by atoms with Crippen molar-refractivity contribution in [3.63, 3.8) is 0 Å². The van der Waals surface area contributed by atoms with E-state index >= 15 is 0 Å². The number of anilines is 1. The molecule has 0 bridgehead atoms. The number of halogens is 1. The maximum Gasteiger partial charge on any atom is 0.238 e. The van der Waals surface area contributed by atoms with Crippen molar-refractivity contribution in [3.05, 3.63) is 23.2 Å². The minimum Gasteiger partial charge on any atom is -0.381 e. The topological polar surface area (TPSA) is 72.2 Å². The molecule has 0 spiro atoms. The Morgan fingerprint density at radius 2 is 2.16 bits per heavy atom. The highest BCUT2D eigenvalue weighted by Crippen LogP contribution is 2.32. The van der Waals surface area contributed by atoms with Crippen LogP contribution >= 0.6 is 11.6 Å². The molecule has 1 unspecified atom stereocenters. The summed E-state index contributed by atoms with van der Waals surface area (Å²) in [4.78, 5) is 0.0789. The van der Waals surface area contributed by atoms with Crippen molar-refractivity contribution in [1.82, 2.24) is 0 Å². The van der Waals surface area contributed by atoms with Crippen molar-refractivity contribution in [2.45, 2.75) is 43.5 Å². The fraction of sp³-hybridized carbons (Fsp3) is 0.538. The van der Waals surface area contributed by atoms with Gasteiger partial charge in [0.15, 0.2) is 0 Å². The SMILES string of the molecule is CC(CC1CCC1)Nc1cc(S(N)(=O)=O)ccc1Cl. The first-order valence-corrected chi connectivity index (χ1v) is 8.37. The van der Waals surface area contributed by atoms with E-state index in [1.54, 1.807) is 6.07 Å². The molecular formula is C13H19ClN2O2S. The average Bonchev–Trinajstić information content (AvgIpc) is 2.25. The average molecular weight is 303 g/mol.